The van der Waals surface area contributed by atoms with Crippen molar-refractivity contribution < 1.29 is 9.53 Å². The van der Waals surface area contributed by atoms with Crippen LogP contribution in [-0.4, -0.2) is 39.9 Å². The average molecular weight is 373 g/mol. The van der Waals surface area contributed by atoms with Gasteiger partial charge in [-0.3, -0.25) is 0 Å². The lowest BCUT2D eigenvalue weighted by Crippen LogP contribution is -2.43. The number of hydrogen-bond donors (Lipinski definition) is 0. The smallest absolute Gasteiger partial charge is 0.410 e. The number of rotatable bonds is 2. The number of ether oxygens (including phenoxy) is 1. The van der Waals surface area contributed by atoms with E-state index in [1.807, 2.05) is 43.9 Å². The van der Waals surface area contributed by atoms with Gasteiger partial charge < -0.3 is 9.64 Å². The van der Waals surface area contributed by atoms with Crippen LogP contribution >= 0.6 is 27.7 Å². The van der Waals surface area contributed by atoms with Gasteiger partial charge in [0.2, 0.25) is 0 Å². The molecule has 1 aromatic heterocycles. The predicted octanol–water partition coefficient (Wildman–Crippen LogP) is 4.34. The van der Waals surface area contributed by atoms with Gasteiger partial charge in [0.25, 0.3) is 0 Å². The number of carbonyl (C=O) groups is 1. The van der Waals surface area contributed by atoms with Crippen LogP contribution in [-0.2, 0) is 4.74 Å². The van der Waals surface area contributed by atoms with Crippen LogP contribution in [0.3, 0.4) is 0 Å². The van der Waals surface area contributed by atoms with E-state index in [1.165, 1.54) is 0 Å². The molecule has 1 fully saturated rings. The molecule has 0 aliphatic carbocycles. The Kier molecular flexibility index (Phi) is 5.54. The van der Waals surface area contributed by atoms with Gasteiger partial charge in [-0.05, 0) is 61.7 Å². The Balaban J connectivity index is 1.93. The van der Waals surface area contributed by atoms with Gasteiger partial charge in [0.05, 0.1) is 5.03 Å². The third kappa shape index (κ3) is 5.51. The Hall–Kier alpha value is -0.750. The van der Waals surface area contributed by atoms with Crippen LogP contribution in [0.25, 0.3) is 0 Å². The largest absolute Gasteiger partial charge is 0.444 e. The van der Waals surface area contributed by atoms with E-state index in [2.05, 4.69) is 20.9 Å². The summed E-state index contributed by atoms with van der Waals surface area (Å²) in [6.07, 6.45) is 1.89. The molecule has 1 aliphatic rings. The molecule has 2 rings (SSSR count). The van der Waals surface area contributed by atoms with Crippen LogP contribution in [0, 0.1) is 0 Å². The van der Waals surface area contributed by atoms with E-state index in [0.29, 0.717) is 11.8 Å². The van der Waals surface area contributed by atoms with E-state index in [4.69, 9.17) is 4.74 Å². The number of amides is 1. The molecule has 116 valence electrons. The summed E-state index contributed by atoms with van der Waals surface area (Å²) in [5.41, 5.74) is -0.441. The van der Waals surface area contributed by atoms with Crippen molar-refractivity contribution in [1.82, 2.24) is 9.88 Å². The van der Waals surface area contributed by atoms with E-state index < -0.39 is 5.60 Å². The predicted molar refractivity (Wildman–Crippen MR) is 88.6 cm³/mol. The summed E-state index contributed by atoms with van der Waals surface area (Å²) in [4.78, 5) is 18.4. The highest BCUT2D eigenvalue weighted by Gasteiger charge is 2.28. The summed E-state index contributed by atoms with van der Waals surface area (Å²) in [5, 5.41) is 1.36. The number of carbonyl (C=O) groups excluding carboxylic acids is 1. The van der Waals surface area contributed by atoms with Crippen molar-refractivity contribution in [3.63, 3.8) is 0 Å². The Morgan fingerprint density at radius 1 is 1.48 bits per heavy atom. The molecule has 1 amide bonds. The maximum Gasteiger partial charge on any atom is 0.410 e. The van der Waals surface area contributed by atoms with E-state index in [1.54, 1.807) is 11.8 Å². The first-order chi connectivity index (χ1) is 9.83. The summed E-state index contributed by atoms with van der Waals surface area (Å²) in [6.45, 7) is 7.18. The second-order valence-corrected chi connectivity index (χ2v) is 8.24. The molecule has 0 bridgehead atoms. The fourth-order valence-electron chi connectivity index (χ4n) is 2.15. The zero-order valence-electron chi connectivity index (χ0n) is 12.6. The Labute approximate surface area is 138 Å². The molecule has 6 heteroatoms. The average Bonchev–Trinajstić information content (AvgIpc) is 2.37. The molecule has 1 saturated heterocycles. The van der Waals surface area contributed by atoms with Crippen LogP contribution in [0.15, 0.2) is 27.8 Å². The van der Waals surface area contributed by atoms with Gasteiger partial charge in [0.15, 0.2) is 0 Å². The lowest BCUT2D eigenvalue weighted by Gasteiger charge is -2.33. The van der Waals surface area contributed by atoms with Crippen molar-refractivity contribution in [2.75, 3.05) is 13.1 Å². The number of aromatic nitrogens is 1. The lowest BCUT2D eigenvalue weighted by molar-refractivity contribution is 0.0220. The highest BCUT2D eigenvalue weighted by atomic mass is 79.9. The molecule has 1 atom stereocenters. The number of piperidine rings is 1. The van der Waals surface area contributed by atoms with E-state index in [0.717, 1.165) is 29.0 Å². The number of nitrogens with zero attached hydrogens (tertiary/aromatic N) is 2. The summed E-state index contributed by atoms with van der Waals surface area (Å²) >= 11 is 5.11. The minimum atomic E-state index is -0.441. The molecule has 0 radical (unpaired) electrons. The third-order valence-electron chi connectivity index (χ3n) is 3.01. The first-order valence-corrected chi connectivity index (χ1v) is 8.78. The van der Waals surface area contributed by atoms with E-state index in [-0.39, 0.29) is 6.09 Å². The summed E-state index contributed by atoms with van der Waals surface area (Å²) in [5.74, 6) is 0. The van der Waals surface area contributed by atoms with Crippen LogP contribution < -0.4 is 0 Å². The number of hydrogen-bond acceptors (Lipinski definition) is 4. The molecular weight excluding hydrogens is 352 g/mol. The van der Waals surface area contributed by atoms with Crippen molar-refractivity contribution in [3.8, 4) is 0 Å². The van der Waals surface area contributed by atoms with Gasteiger partial charge >= 0.3 is 6.09 Å². The van der Waals surface area contributed by atoms with E-state index in [9.17, 15) is 4.79 Å². The van der Waals surface area contributed by atoms with Crippen LogP contribution in [0.2, 0.25) is 0 Å². The highest BCUT2D eigenvalue weighted by Crippen LogP contribution is 2.29. The summed E-state index contributed by atoms with van der Waals surface area (Å²) in [6, 6.07) is 5.90. The van der Waals surface area contributed by atoms with Crippen molar-refractivity contribution in [2.24, 2.45) is 0 Å². The molecule has 0 aromatic carbocycles. The molecule has 1 unspecified atom stereocenters. The van der Waals surface area contributed by atoms with Crippen LogP contribution in [0.4, 0.5) is 4.79 Å². The second kappa shape index (κ2) is 7.01. The Morgan fingerprint density at radius 3 is 2.90 bits per heavy atom. The standard InChI is InChI=1S/C15H21BrN2O2S/c1-15(2,3)20-14(19)18-9-5-6-11(10-18)21-13-8-4-7-12(16)17-13/h4,7-8,11H,5-6,9-10H2,1-3H3. The molecule has 0 spiro atoms. The Morgan fingerprint density at radius 2 is 2.24 bits per heavy atom. The monoisotopic (exact) mass is 372 g/mol. The minimum Gasteiger partial charge on any atom is -0.444 e. The van der Waals surface area contributed by atoms with Gasteiger partial charge in [-0.15, -0.1) is 11.8 Å². The van der Waals surface area contributed by atoms with Gasteiger partial charge in [-0.2, -0.15) is 0 Å². The van der Waals surface area contributed by atoms with Crippen molar-refractivity contribution in [3.05, 3.63) is 22.8 Å². The maximum absolute atomic E-state index is 12.1. The minimum absolute atomic E-state index is 0.213. The van der Waals surface area contributed by atoms with Crippen molar-refractivity contribution in [2.45, 2.75) is 49.5 Å². The van der Waals surface area contributed by atoms with Crippen molar-refractivity contribution >= 4 is 33.8 Å². The molecule has 0 N–H and O–H groups in total. The Bertz CT molecular complexity index is 505. The number of pyridine rings is 1. The molecule has 21 heavy (non-hydrogen) atoms. The zero-order valence-corrected chi connectivity index (χ0v) is 15.0. The quantitative estimate of drug-likeness (QED) is 0.724. The van der Waals surface area contributed by atoms with Gasteiger partial charge in [-0.1, -0.05) is 6.07 Å². The van der Waals surface area contributed by atoms with E-state index >= 15 is 0 Å². The molecule has 1 aliphatic heterocycles. The first-order valence-electron chi connectivity index (χ1n) is 7.10. The number of halogens is 1. The third-order valence-corrected chi connectivity index (χ3v) is 4.64. The first kappa shape index (κ1) is 16.6. The van der Waals surface area contributed by atoms with Crippen molar-refractivity contribution in [1.29, 1.82) is 0 Å². The van der Waals surface area contributed by atoms with Gasteiger partial charge in [0, 0.05) is 18.3 Å². The topological polar surface area (TPSA) is 42.4 Å². The molecule has 4 nitrogen and oxygen atoms in total. The zero-order chi connectivity index (χ0) is 15.5. The normalized spacial score (nSPS) is 19.4. The SMILES string of the molecule is CC(C)(C)OC(=O)N1CCCC(Sc2cccc(Br)n2)C1. The van der Waals surface area contributed by atoms with Crippen LogP contribution in [0.5, 0.6) is 0 Å². The summed E-state index contributed by atoms with van der Waals surface area (Å²) in [7, 11) is 0. The fraction of sp³-hybridized carbons (Fsp3) is 0.600. The highest BCUT2D eigenvalue weighted by molar-refractivity contribution is 9.10. The van der Waals surface area contributed by atoms with Gasteiger partial charge in [-0.25, -0.2) is 9.78 Å². The maximum atomic E-state index is 12.1. The second-order valence-electron chi connectivity index (χ2n) is 6.11. The summed E-state index contributed by atoms with van der Waals surface area (Å²) < 4.78 is 6.29. The van der Waals surface area contributed by atoms with Gasteiger partial charge in [0.1, 0.15) is 10.2 Å². The molecular formula is C15H21BrN2O2S. The van der Waals surface area contributed by atoms with Crippen LogP contribution in [0.1, 0.15) is 33.6 Å². The molecule has 2 heterocycles. The molecule has 1 aromatic rings. The number of thioether (sulfide) groups is 1. The fourth-order valence-corrected chi connectivity index (χ4v) is 3.80. The molecule has 0 saturated carbocycles. The lowest BCUT2D eigenvalue weighted by atomic mass is 10.1. The number of likely N-dealkylation sites (tertiary alicyclic amines) is 1.